The lowest BCUT2D eigenvalue weighted by Crippen LogP contribution is -2.40. The zero-order chi connectivity index (χ0) is 14.5. The number of allylic oxidation sites excluding steroid dienone is 1. The molecular formula is C15H13N3O2. The second-order valence-corrected chi connectivity index (χ2v) is 4.26. The van der Waals surface area contributed by atoms with Gasteiger partial charge in [-0.2, -0.15) is 5.26 Å². The lowest BCUT2D eigenvalue weighted by molar-refractivity contribution is 0.616. The molecule has 0 amide bonds. The summed E-state index contributed by atoms with van der Waals surface area (Å²) in [5.41, 5.74) is -0.163. The summed E-state index contributed by atoms with van der Waals surface area (Å²) in [5, 5.41) is 8.99. The minimum atomic E-state index is -0.582. The van der Waals surface area contributed by atoms with Gasteiger partial charge in [0.2, 0.25) is 0 Å². The number of hydrogen-bond acceptors (Lipinski definition) is 3. The van der Waals surface area contributed by atoms with Crippen LogP contribution in [0.5, 0.6) is 0 Å². The van der Waals surface area contributed by atoms with Gasteiger partial charge in [-0.05, 0) is 5.56 Å². The van der Waals surface area contributed by atoms with E-state index in [1.54, 1.807) is 0 Å². The van der Waals surface area contributed by atoms with Crippen molar-refractivity contribution in [1.82, 2.24) is 9.13 Å². The Hall–Kier alpha value is -2.87. The Morgan fingerprint density at radius 3 is 2.55 bits per heavy atom. The van der Waals surface area contributed by atoms with Gasteiger partial charge in [0.05, 0.1) is 6.54 Å². The van der Waals surface area contributed by atoms with Crippen molar-refractivity contribution < 1.29 is 0 Å². The fourth-order valence-electron chi connectivity index (χ4n) is 1.91. The Bertz CT molecular complexity index is 779. The molecule has 1 heterocycles. The summed E-state index contributed by atoms with van der Waals surface area (Å²) in [6.45, 7) is 3.91. The summed E-state index contributed by atoms with van der Waals surface area (Å²) in [4.78, 5) is 24.1. The SMILES string of the molecule is C=CCn1c(=O)c(C#N)cn(Cc2ccccc2)c1=O. The maximum atomic E-state index is 12.2. The van der Waals surface area contributed by atoms with E-state index in [-0.39, 0.29) is 12.1 Å². The van der Waals surface area contributed by atoms with Crippen molar-refractivity contribution in [3.05, 3.63) is 81.1 Å². The lowest BCUT2D eigenvalue weighted by atomic mass is 10.2. The summed E-state index contributed by atoms with van der Waals surface area (Å²) < 4.78 is 2.37. The van der Waals surface area contributed by atoms with E-state index in [2.05, 4.69) is 6.58 Å². The fourth-order valence-corrected chi connectivity index (χ4v) is 1.91. The van der Waals surface area contributed by atoms with E-state index < -0.39 is 11.2 Å². The smallest absolute Gasteiger partial charge is 0.295 e. The van der Waals surface area contributed by atoms with Crippen molar-refractivity contribution in [2.24, 2.45) is 0 Å². The van der Waals surface area contributed by atoms with Gasteiger partial charge in [-0.3, -0.25) is 13.9 Å². The molecular weight excluding hydrogens is 254 g/mol. The maximum Gasteiger partial charge on any atom is 0.331 e. The molecule has 0 spiro atoms. The molecule has 0 bridgehead atoms. The van der Waals surface area contributed by atoms with Crippen LogP contribution < -0.4 is 11.2 Å². The standard InChI is InChI=1S/C15H13N3O2/c1-2-8-18-14(19)13(9-16)11-17(15(18)20)10-12-6-4-3-5-7-12/h2-7,11H,1,8,10H2. The van der Waals surface area contributed by atoms with E-state index in [1.165, 1.54) is 16.8 Å². The average molecular weight is 267 g/mol. The molecule has 0 saturated carbocycles. The van der Waals surface area contributed by atoms with Crippen molar-refractivity contribution in [3.63, 3.8) is 0 Å². The second kappa shape index (κ2) is 5.85. The van der Waals surface area contributed by atoms with Gasteiger partial charge in [-0.25, -0.2) is 4.79 Å². The highest BCUT2D eigenvalue weighted by Crippen LogP contribution is 2.00. The molecule has 5 heteroatoms. The van der Waals surface area contributed by atoms with Gasteiger partial charge in [0.1, 0.15) is 11.6 Å². The first-order valence-corrected chi connectivity index (χ1v) is 6.06. The van der Waals surface area contributed by atoms with E-state index in [9.17, 15) is 9.59 Å². The van der Waals surface area contributed by atoms with Crippen LogP contribution in [0.4, 0.5) is 0 Å². The third kappa shape index (κ3) is 2.59. The molecule has 0 unspecified atom stereocenters. The topological polar surface area (TPSA) is 67.8 Å². The number of nitriles is 1. The summed E-state index contributed by atoms with van der Waals surface area (Å²) in [6, 6.07) is 11.2. The number of hydrogen-bond donors (Lipinski definition) is 0. The fraction of sp³-hybridized carbons (Fsp3) is 0.133. The zero-order valence-corrected chi connectivity index (χ0v) is 10.8. The molecule has 0 radical (unpaired) electrons. The summed E-state index contributed by atoms with van der Waals surface area (Å²) in [5.74, 6) is 0. The number of benzene rings is 1. The highest BCUT2D eigenvalue weighted by molar-refractivity contribution is 5.23. The Balaban J connectivity index is 2.57. The van der Waals surface area contributed by atoms with Gasteiger partial charge in [0.25, 0.3) is 5.56 Å². The largest absolute Gasteiger partial charge is 0.331 e. The molecule has 5 nitrogen and oxygen atoms in total. The highest BCUT2D eigenvalue weighted by Gasteiger charge is 2.10. The van der Waals surface area contributed by atoms with Crippen LogP contribution in [0.25, 0.3) is 0 Å². The van der Waals surface area contributed by atoms with E-state index in [0.29, 0.717) is 6.54 Å². The van der Waals surface area contributed by atoms with Crippen molar-refractivity contribution in [3.8, 4) is 6.07 Å². The average Bonchev–Trinajstić information content (AvgIpc) is 2.47. The summed E-state index contributed by atoms with van der Waals surface area (Å²) >= 11 is 0. The molecule has 0 N–H and O–H groups in total. The molecule has 0 atom stereocenters. The van der Waals surface area contributed by atoms with Crippen LogP contribution in [-0.2, 0) is 13.1 Å². The number of rotatable bonds is 4. The summed E-state index contributed by atoms with van der Waals surface area (Å²) in [7, 11) is 0. The Kier molecular flexibility index (Phi) is 3.96. The molecule has 1 aromatic carbocycles. The van der Waals surface area contributed by atoms with Crippen molar-refractivity contribution >= 4 is 0 Å². The zero-order valence-electron chi connectivity index (χ0n) is 10.8. The molecule has 2 aromatic rings. The minimum Gasteiger partial charge on any atom is -0.295 e. The lowest BCUT2D eigenvalue weighted by Gasteiger charge is -2.09. The second-order valence-electron chi connectivity index (χ2n) is 4.26. The molecule has 2 rings (SSSR count). The van der Waals surface area contributed by atoms with E-state index in [4.69, 9.17) is 5.26 Å². The van der Waals surface area contributed by atoms with Gasteiger partial charge in [0, 0.05) is 12.7 Å². The first kappa shape index (κ1) is 13.6. The van der Waals surface area contributed by atoms with Crippen LogP contribution in [0.2, 0.25) is 0 Å². The van der Waals surface area contributed by atoms with Crippen LogP contribution in [0.3, 0.4) is 0 Å². The van der Waals surface area contributed by atoms with Crippen LogP contribution in [0, 0.1) is 11.3 Å². The van der Waals surface area contributed by atoms with Gasteiger partial charge < -0.3 is 0 Å². The van der Waals surface area contributed by atoms with Gasteiger partial charge in [-0.15, -0.1) is 6.58 Å². The monoisotopic (exact) mass is 267 g/mol. The molecule has 1 aromatic heterocycles. The van der Waals surface area contributed by atoms with E-state index in [0.717, 1.165) is 10.1 Å². The predicted molar refractivity (Wildman–Crippen MR) is 75.4 cm³/mol. The van der Waals surface area contributed by atoms with Crippen molar-refractivity contribution in [2.45, 2.75) is 13.1 Å². The van der Waals surface area contributed by atoms with Crippen LogP contribution >= 0.6 is 0 Å². The van der Waals surface area contributed by atoms with Crippen molar-refractivity contribution in [2.75, 3.05) is 0 Å². The number of aromatic nitrogens is 2. The highest BCUT2D eigenvalue weighted by atomic mass is 16.2. The molecule has 0 saturated heterocycles. The van der Waals surface area contributed by atoms with E-state index in [1.807, 2.05) is 36.4 Å². The Morgan fingerprint density at radius 2 is 1.95 bits per heavy atom. The van der Waals surface area contributed by atoms with E-state index >= 15 is 0 Å². The maximum absolute atomic E-state index is 12.2. The number of nitrogens with zero attached hydrogens (tertiary/aromatic N) is 3. The third-order valence-electron chi connectivity index (χ3n) is 2.86. The summed E-state index contributed by atoms with van der Waals surface area (Å²) in [6.07, 6.45) is 2.76. The minimum absolute atomic E-state index is 0.0534. The predicted octanol–water partition coefficient (Wildman–Crippen LogP) is 1.12. The third-order valence-corrected chi connectivity index (χ3v) is 2.86. The molecule has 20 heavy (non-hydrogen) atoms. The molecule has 0 aliphatic heterocycles. The Labute approximate surface area is 115 Å². The molecule has 0 aliphatic rings. The normalized spacial score (nSPS) is 9.95. The van der Waals surface area contributed by atoms with Crippen LogP contribution in [-0.4, -0.2) is 9.13 Å². The van der Waals surface area contributed by atoms with Gasteiger partial charge in [-0.1, -0.05) is 36.4 Å². The van der Waals surface area contributed by atoms with Crippen molar-refractivity contribution in [1.29, 1.82) is 5.26 Å². The molecule has 0 aliphatic carbocycles. The Morgan fingerprint density at radius 1 is 1.25 bits per heavy atom. The quantitative estimate of drug-likeness (QED) is 0.779. The first-order chi connectivity index (χ1) is 9.67. The molecule has 0 fully saturated rings. The first-order valence-electron chi connectivity index (χ1n) is 6.06. The van der Waals surface area contributed by atoms with Crippen LogP contribution in [0.1, 0.15) is 11.1 Å². The van der Waals surface area contributed by atoms with Gasteiger partial charge >= 0.3 is 5.69 Å². The van der Waals surface area contributed by atoms with Gasteiger partial charge in [0.15, 0.2) is 0 Å². The van der Waals surface area contributed by atoms with Crippen LogP contribution in [0.15, 0.2) is 58.8 Å². The molecule has 100 valence electrons.